The Morgan fingerprint density at radius 1 is 0.316 bits per heavy atom. The Balaban J connectivity index is 0.972. The van der Waals surface area contributed by atoms with E-state index in [1.165, 1.54) is 82.6 Å². The number of hydrogen-bond acceptors (Lipinski definition) is 1. The van der Waals surface area contributed by atoms with Gasteiger partial charge in [-0.25, -0.2) is 0 Å². The summed E-state index contributed by atoms with van der Waals surface area (Å²) in [7, 11) is 0. The molecule has 0 spiro atoms. The Kier molecular flexibility index (Phi) is 6.93. The van der Waals surface area contributed by atoms with E-state index in [0.29, 0.717) is 0 Å². The molecule has 9 aromatic carbocycles. The second-order valence-corrected chi connectivity index (χ2v) is 14.9. The van der Waals surface area contributed by atoms with Crippen LogP contribution < -0.4 is 4.74 Å². The van der Waals surface area contributed by atoms with Gasteiger partial charge in [-0.15, -0.1) is 0 Å². The third-order valence-corrected chi connectivity index (χ3v) is 11.7. The zero-order valence-corrected chi connectivity index (χ0v) is 30.9. The number of nitrogens with zero attached hydrogens (tertiary/aromatic N) is 2. The quantitative estimate of drug-likeness (QED) is 0.173. The van der Waals surface area contributed by atoms with Gasteiger partial charge in [0.05, 0.1) is 27.8 Å². The van der Waals surface area contributed by atoms with Gasteiger partial charge in [-0.05, 0) is 105 Å². The fourth-order valence-corrected chi connectivity index (χ4v) is 9.09. The fourth-order valence-electron chi connectivity index (χ4n) is 9.09. The van der Waals surface area contributed by atoms with E-state index in [2.05, 4.69) is 203 Å². The number of aromatic nitrogens is 2. The lowest BCUT2D eigenvalue weighted by atomic mass is 9.96. The zero-order chi connectivity index (χ0) is 37.5. The number of benzene rings is 9. The minimum absolute atomic E-state index is 0.877. The van der Waals surface area contributed by atoms with Gasteiger partial charge in [0, 0.05) is 27.2 Å². The minimum atomic E-state index is 0.877. The fraction of sp³-hybridized carbons (Fsp3) is 0. The lowest BCUT2D eigenvalue weighted by molar-refractivity contribution is 0.476. The smallest absolute Gasteiger partial charge is 0.152 e. The van der Waals surface area contributed by atoms with Crippen LogP contribution in [0.1, 0.15) is 0 Å². The Labute approximate surface area is 329 Å². The molecule has 266 valence electrons. The topological polar surface area (TPSA) is 19.1 Å². The van der Waals surface area contributed by atoms with E-state index >= 15 is 0 Å². The van der Waals surface area contributed by atoms with E-state index in [0.717, 1.165) is 28.4 Å². The van der Waals surface area contributed by atoms with E-state index in [4.69, 9.17) is 4.74 Å². The second kappa shape index (κ2) is 12.5. The summed E-state index contributed by atoms with van der Waals surface area (Å²) in [5.74, 6) is 1.77. The third-order valence-electron chi connectivity index (χ3n) is 11.7. The summed E-state index contributed by atoms with van der Waals surface area (Å²) < 4.78 is 11.2. The molecule has 0 aliphatic carbocycles. The first kappa shape index (κ1) is 31.7. The first-order chi connectivity index (χ1) is 28.3. The Hall–Kier alpha value is -7.62. The van der Waals surface area contributed by atoms with E-state index < -0.39 is 0 Å². The average molecular weight is 727 g/mol. The van der Waals surface area contributed by atoms with Gasteiger partial charge in [-0.3, -0.25) is 0 Å². The predicted molar refractivity (Wildman–Crippen MR) is 237 cm³/mol. The van der Waals surface area contributed by atoms with Crippen LogP contribution in [-0.2, 0) is 0 Å². The van der Waals surface area contributed by atoms with Crippen molar-refractivity contribution < 1.29 is 4.74 Å². The second-order valence-electron chi connectivity index (χ2n) is 14.9. The Bertz CT molecular complexity index is 3260. The Morgan fingerprint density at radius 2 is 0.860 bits per heavy atom. The van der Waals surface area contributed by atoms with Gasteiger partial charge in [0.2, 0.25) is 0 Å². The van der Waals surface area contributed by atoms with E-state index in [9.17, 15) is 0 Å². The summed E-state index contributed by atoms with van der Waals surface area (Å²) in [5, 5.41) is 4.92. The number of fused-ring (bicyclic) bond motifs is 8. The van der Waals surface area contributed by atoms with Crippen molar-refractivity contribution in [1.82, 2.24) is 9.13 Å². The highest BCUT2D eigenvalue weighted by molar-refractivity contribution is 6.18. The van der Waals surface area contributed by atoms with Crippen molar-refractivity contribution in [3.05, 3.63) is 206 Å². The molecule has 11 aromatic rings. The van der Waals surface area contributed by atoms with Crippen molar-refractivity contribution >= 4 is 43.6 Å². The highest BCUT2D eigenvalue weighted by atomic mass is 16.5. The van der Waals surface area contributed by atoms with Crippen LogP contribution >= 0.6 is 0 Å². The third kappa shape index (κ3) is 4.92. The summed E-state index contributed by atoms with van der Waals surface area (Å²) >= 11 is 0. The van der Waals surface area contributed by atoms with Gasteiger partial charge in [0.25, 0.3) is 0 Å². The van der Waals surface area contributed by atoms with Crippen LogP contribution in [0.4, 0.5) is 0 Å². The van der Waals surface area contributed by atoms with Crippen LogP contribution in [0, 0.1) is 0 Å². The van der Waals surface area contributed by atoms with Crippen LogP contribution in [0.25, 0.3) is 99.5 Å². The molecule has 1 aliphatic heterocycles. The van der Waals surface area contributed by atoms with Gasteiger partial charge < -0.3 is 13.9 Å². The van der Waals surface area contributed by atoms with Crippen LogP contribution in [0.15, 0.2) is 206 Å². The molecule has 0 fully saturated rings. The molecule has 0 unspecified atom stereocenters. The summed E-state index contributed by atoms with van der Waals surface area (Å²) in [4.78, 5) is 0. The van der Waals surface area contributed by atoms with E-state index in [1.54, 1.807) is 0 Å². The molecule has 0 radical (unpaired) electrons. The molecule has 57 heavy (non-hydrogen) atoms. The normalized spacial score (nSPS) is 12.0. The number of rotatable bonds is 5. The maximum absolute atomic E-state index is 6.40. The Morgan fingerprint density at radius 3 is 1.58 bits per heavy atom. The monoisotopic (exact) mass is 726 g/mol. The van der Waals surface area contributed by atoms with Gasteiger partial charge >= 0.3 is 0 Å². The molecule has 12 rings (SSSR count). The zero-order valence-electron chi connectivity index (χ0n) is 30.9. The van der Waals surface area contributed by atoms with Gasteiger partial charge in [-0.2, -0.15) is 0 Å². The highest BCUT2D eigenvalue weighted by Gasteiger charge is 2.25. The maximum Gasteiger partial charge on any atom is 0.152 e. The van der Waals surface area contributed by atoms with Crippen molar-refractivity contribution in [2.75, 3.05) is 0 Å². The van der Waals surface area contributed by atoms with Gasteiger partial charge in [0.15, 0.2) is 11.5 Å². The summed E-state index contributed by atoms with van der Waals surface area (Å²) in [6, 6.07) is 74.5. The largest absolute Gasteiger partial charge is 0.453 e. The first-order valence-corrected chi connectivity index (χ1v) is 19.5. The SMILES string of the molecule is c1ccc(-c2ccc3c(c2)c2cc(-c4ccccc4)ccc2n3-c2cccc(-c3ccc(-c4cccc5c4c4cccc6c4n5-c4ccccc4O6)cc3)c2)cc1. The van der Waals surface area contributed by atoms with Gasteiger partial charge in [-0.1, -0.05) is 146 Å². The van der Waals surface area contributed by atoms with Gasteiger partial charge in [0.1, 0.15) is 0 Å². The molecular formula is C54H34N2O. The van der Waals surface area contributed by atoms with Crippen LogP contribution in [-0.4, -0.2) is 9.13 Å². The summed E-state index contributed by atoms with van der Waals surface area (Å²) in [6.45, 7) is 0. The van der Waals surface area contributed by atoms with E-state index in [1.807, 2.05) is 12.1 Å². The molecule has 0 saturated carbocycles. The molecule has 3 nitrogen and oxygen atoms in total. The molecular weight excluding hydrogens is 693 g/mol. The number of para-hydroxylation sites is 3. The van der Waals surface area contributed by atoms with Crippen molar-refractivity contribution in [1.29, 1.82) is 0 Å². The standard InChI is InChI=1S/C54H34N2O/c1-3-12-35(13-4-1)40-28-30-47-45(33-40)46-34-41(36-14-5-2-6-15-36)29-31-48(46)55(47)42-17-9-16-39(32-42)37-24-26-38(27-25-37)43-18-10-21-50-53(43)44-19-11-23-52-54(44)56(50)49-20-7-8-22-51(49)57-52/h1-34H. The molecule has 0 saturated heterocycles. The van der Waals surface area contributed by atoms with Crippen molar-refractivity contribution in [3.8, 4) is 67.4 Å². The molecule has 0 N–H and O–H groups in total. The molecule has 0 amide bonds. The average Bonchev–Trinajstić information content (AvgIpc) is 3.81. The first-order valence-electron chi connectivity index (χ1n) is 19.5. The molecule has 0 atom stereocenters. The molecule has 2 aromatic heterocycles. The maximum atomic E-state index is 6.40. The number of ether oxygens (including phenoxy) is 1. The highest BCUT2D eigenvalue weighted by Crippen LogP contribution is 2.47. The lowest BCUT2D eigenvalue weighted by Crippen LogP contribution is -2.03. The predicted octanol–water partition coefficient (Wildman–Crippen LogP) is 14.7. The molecule has 0 bridgehead atoms. The minimum Gasteiger partial charge on any atom is -0.453 e. The van der Waals surface area contributed by atoms with E-state index in [-0.39, 0.29) is 0 Å². The molecule has 3 heteroatoms. The van der Waals surface area contributed by atoms with Crippen LogP contribution in [0.2, 0.25) is 0 Å². The van der Waals surface area contributed by atoms with Crippen molar-refractivity contribution in [3.63, 3.8) is 0 Å². The summed E-state index contributed by atoms with van der Waals surface area (Å²) in [6.07, 6.45) is 0. The summed E-state index contributed by atoms with van der Waals surface area (Å²) in [5.41, 5.74) is 16.5. The molecule has 3 heterocycles. The molecule has 1 aliphatic rings. The van der Waals surface area contributed by atoms with Crippen molar-refractivity contribution in [2.24, 2.45) is 0 Å². The lowest BCUT2D eigenvalue weighted by Gasteiger charge is -2.20. The van der Waals surface area contributed by atoms with Crippen LogP contribution in [0.3, 0.4) is 0 Å². The van der Waals surface area contributed by atoms with Crippen molar-refractivity contribution in [2.45, 2.75) is 0 Å². The van der Waals surface area contributed by atoms with Crippen LogP contribution in [0.5, 0.6) is 11.5 Å². The number of hydrogen-bond donors (Lipinski definition) is 0.